The van der Waals surface area contributed by atoms with Crippen molar-refractivity contribution in [1.29, 1.82) is 0 Å². The van der Waals surface area contributed by atoms with Gasteiger partial charge in [-0.25, -0.2) is 13.9 Å². The second kappa shape index (κ2) is 6.51. The predicted molar refractivity (Wildman–Crippen MR) is 73.5 cm³/mol. The number of carbonyl (C=O) groups is 1. The van der Waals surface area contributed by atoms with Crippen LogP contribution in [-0.4, -0.2) is 31.8 Å². The van der Waals surface area contributed by atoms with Gasteiger partial charge >= 0.3 is 5.97 Å². The summed E-state index contributed by atoms with van der Waals surface area (Å²) in [6, 6.07) is 6.26. The van der Waals surface area contributed by atoms with Crippen LogP contribution >= 0.6 is 11.8 Å². The molecule has 0 saturated heterocycles. The van der Waals surface area contributed by atoms with Crippen LogP contribution in [0.3, 0.4) is 0 Å². The fourth-order valence-electron chi connectivity index (χ4n) is 1.81. The third-order valence-electron chi connectivity index (χ3n) is 2.76. The molecular weight excluding hydrogens is 281 g/mol. The van der Waals surface area contributed by atoms with E-state index in [-0.39, 0.29) is 11.5 Å². The highest BCUT2D eigenvalue weighted by Crippen LogP contribution is 2.18. The largest absolute Gasteiger partial charge is 0.476 e. The number of aromatic nitrogens is 3. The van der Waals surface area contributed by atoms with E-state index in [4.69, 9.17) is 5.11 Å². The van der Waals surface area contributed by atoms with E-state index in [9.17, 15) is 9.18 Å². The van der Waals surface area contributed by atoms with Crippen LogP contribution in [0.4, 0.5) is 4.39 Å². The third-order valence-corrected chi connectivity index (χ3v) is 3.75. The first-order valence-electron chi connectivity index (χ1n) is 6.15. The van der Waals surface area contributed by atoms with Crippen LogP contribution in [0.15, 0.2) is 29.2 Å². The average molecular weight is 295 g/mol. The molecule has 0 radical (unpaired) electrons. The van der Waals surface area contributed by atoms with Crippen molar-refractivity contribution >= 4 is 17.7 Å². The monoisotopic (exact) mass is 295 g/mol. The lowest BCUT2D eigenvalue weighted by atomic mass is 10.2. The van der Waals surface area contributed by atoms with Crippen LogP contribution in [0.1, 0.15) is 23.1 Å². The Labute approximate surface area is 119 Å². The maximum absolute atomic E-state index is 12.8. The summed E-state index contributed by atoms with van der Waals surface area (Å²) in [7, 11) is 0. The normalized spacial score (nSPS) is 10.7. The molecule has 1 aromatic heterocycles. The first-order valence-corrected chi connectivity index (χ1v) is 7.14. The number of nitrogens with zero attached hydrogens (tertiary/aromatic N) is 3. The topological polar surface area (TPSA) is 68.0 Å². The van der Waals surface area contributed by atoms with Gasteiger partial charge in [0.2, 0.25) is 0 Å². The minimum atomic E-state index is -1.06. The maximum atomic E-state index is 12.8. The van der Waals surface area contributed by atoms with Crippen molar-refractivity contribution in [3.05, 3.63) is 41.5 Å². The molecule has 1 aromatic carbocycles. The van der Waals surface area contributed by atoms with Crippen molar-refractivity contribution < 1.29 is 14.3 Å². The highest BCUT2D eigenvalue weighted by atomic mass is 32.2. The van der Waals surface area contributed by atoms with E-state index < -0.39 is 5.97 Å². The van der Waals surface area contributed by atoms with Gasteiger partial charge in [-0.1, -0.05) is 12.1 Å². The van der Waals surface area contributed by atoms with Crippen molar-refractivity contribution in [1.82, 2.24) is 15.0 Å². The molecule has 0 aliphatic carbocycles. The van der Waals surface area contributed by atoms with Gasteiger partial charge in [-0.3, -0.25) is 0 Å². The Bertz CT molecular complexity index is 598. The van der Waals surface area contributed by atoms with E-state index in [1.807, 2.05) is 6.92 Å². The molecule has 0 atom stereocenters. The maximum Gasteiger partial charge on any atom is 0.358 e. The van der Waals surface area contributed by atoms with Gasteiger partial charge in [0.1, 0.15) is 5.82 Å². The molecular formula is C13H14FN3O2S. The minimum absolute atomic E-state index is 0.0132. The summed E-state index contributed by atoms with van der Waals surface area (Å²) >= 11 is 1.56. The number of halogens is 1. The molecule has 5 nitrogen and oxygen atoms in total. The Morgan fingerprint density at radius 2 is 2.10 bits per heavy atom. The molecule has 0 saturated carbocycles. The van der Waals surface area contributed by atoms with Crippen LogP contribution in [0, 0.1) is 5.82 Å². The number of carboxylic acids is 1. The molecule has 0 bridgehead atoms. The summed E-state index contributed by atoms with van der Waals surface area (Å²) in [5.74, 6) is -0.606. The molecule has 2 aromatic rings. The molecule has 2 rings (SSSR count). The molecule has 7 heteroatoms. The smallest absolute Gasteiger partial charge is 0.358 e. The molecule has 1 N–H and O–H groups in total. The van der Waals surface area contributed by atoms with Gasteiger partial charge < -0.3 is 5.11 Å². The van der Waals surface area contributed by atoms with Crippen LogP contribution in [0.25, 0.3) is 0 Å². The van der Waals surface area contributed by atoms with E-state index in [1.165, 1.54) is 12.1 Å². The fraction of sp³-hybridized carbons (Fsp3) is 0.308. The number of aromatic carboxylic acids is 1. The highest BCUT2D eigenvalue weighted by Gasteiger charge is 2.16. The van der Waals surface area contributed by atoms with E-state index in [2.05, 4.69) is 10.3 Å². The second-order valence-corrected chi connectivity index (χ2v) is 5.24. The number of aryl methyl sites for hydroxylation is 1. The van der Waals surface area contributed by atoms with Crippen LogP contribution < -0.4 is 0 Å². The lowest BCUT2D eigenvalue weighted by Crippen LogP contribution is -2.09. The van der Waals surface area contributed by atoms with E-state index in [0.717, 1.165) is 4.90 Å². The minimum Gasteiger partial charge on any atom is -0.476 e. The van der Waals surface area contributed by atoms with Crippen LogP contribution in [0.5, 0.6) is 0 Å². The Morgan fingerprint density at radius 3 is 2.70 bits per heavy atom. The number of hydrogen-bond acceptors (Lipinski definition) is 4. The van der Waals surface area contributed by atoms with Crippen LogP contribution in [-0.2, 0) is 13.0 Å². The van der Waals surface area contributed by atoms with Crippen molar-refractivity contribution in [3.8, 4) is 0 Å². The first-order chi connectivity index (χ1) is 9.61. The van der Waals surface area contributed by atoms with Crippen molar-refractivity contribution in [2.24, 2.45) is 0 Å². The number of benzene rings is 1. The van der Waals surface area contributed by atoms with E-state index >= 15 is 0 Å². The molecule has 20 heavy (non-hydrogen) atoms. The summed E-state index contributed by atoms with van der Waals surface area (Å²) in [6.07, 6.45) is 0.565. The van der Waals surface area contributed by atoms with Gasteiger partial charge in [0.25, 0.3) is 0 Å². The molecule has 106 valence electrons. The molecule has 0 aliphatic rings. The molecule has 0 unspecified atom stereocenters. The van der Waals surface area contributed by atoms with Gasteiger partial charge in [-0.05, 0) is 30.7 Å². The SMILES string of the molecule is CCc1c(C(=O)O)nnn1CCSc1ccc(F)cc1. The zero-order valence-electron chi connectivity index (χ0n) is 10.9. The molecule has 1 heterocycles. The number of carboxylic acid groups (broad SMARTS) is 1. The Hall–Kier alpha value is -1.89. The quantitative estimate of drug-likeness (QED) is 0.829. The molecule has 0 amide bonds. The number of rotatable bonds is 6. The summed E-state index contributed by atoms with van der Waals surface area (Å²) in [4.78, 5) is 11.9. The lowest BCUT2D eigenvalue weighted by Gasteiger charge is -2.05. The van der Waals surface area contributed by atoms with Gasteiger partial charge in [0.05, 0.1) is 12.2 Å². The van der Waals surface area contributed by atoms with Gasteiger partial charge in [0.15, 0.2) is 5.69 Å². The average Bonchev–Trinajstić information content (AvgIpc) is 2.84. The molecule has 0 aliphatic heterocycles. The van der Waals surface area contributed by atoms with Gasteiger partial charge in [0, 0.05) is 10.6 Å². The van der Waals surface area contributed by atoms with Gasteiger partial charge in [-0.2, -0.15) is 0 Å². The zero-order chi connectivity index (χ0) is 14.5. The highest BCUT2D eigenvalue weighted by molar-refractivity contribution is 7.99. The molecule has 0 fully saturated rings. The number of thioether (sulfide) groups is 1. The summed E-state index contributed by atoms with van der Waals surface area (Å²) in [5.41, 5.74) is 0.636. The Morgan fingerprint density at radius 1 is 1.40 bits per heavy atom. The van der Waals surface area contributed by atoms with Crippen molar-refractivity contribution in [3.63, 3.8) is 0 Å². The standard InChI is InChI=1S/C13H14FN3O2S/c1-2-11-12(13(18)19)15-16-17(11)7-8-20-10-5-3-9(14)4-6-10/h3-6H,2,7-8H2,1H3,(H,18,19). The Kier molecular flexibility index (Phi) is 4.73. The summed E-state index contributed by atoms with van der Waals surface area (Å²) < 4.78 is 14.4. The first kappa shape index (κ1) is 14.5. The second-order valence-electron chi connectivity index (χ2n) is 4.07. The fourth-order valence-corrected chi connectivity index (χ4v) is 2.64. The molecule has 0 spiro atoms. The lowest BCUT2D eigenvalue weighted by molar-refractivity contribution is 0.0689. The van der Waals surface area contributed by atoms with Crippen LogP contribution in [0.2, 0.25) is 0 Å². The zero-order valence-corrected chi connectivity index (χ0v) is 11.7. The van der Waals surface area contributed by atoms with Gasteiger partial charge in [-0.15, -0.1) is 16.9 Å². The third kappa shape index (κ3) is 3.36. The summed E-state index contributed by atoms with van der Waals surface area (Å²) in [6.45, 7) is 2.43. The van der Waals surface area contributed by atoms with Crippen molar-refractivity contribution in [2.75, 3.05) is 5.75 Å². The van der Waals surface area contributed by atoms with E-state index in [1.54, 1.807) is 28.6 Å². The van der Waals surface area contributed by atoms with E-state index in [0.29, 0.717) is 24.4 Å². The number of hydrogen-bond donors (Lipinski definition) is 1. The predicted octanol–water partition coefficient (Wildman–Crippen LogP) is 2.47. The summed E-state index contributed by atoms with van der Waals surface area (Å²) in [5, 5.41) is 16.5. The van der Waals surface area contributed by atoms with Crippen molar-refractivity contribution in [2.45, 2.75) is 24.8 Å². The Balaban J connectivity index is 1.97.